The van der Waals surface area contributed by atoms with Gasteiger partial charge in [-0.25, -0.2) is 0 Å². The van der Waals surface area contributed by atoms with Gasteiger partial charge < -0.3 is 4.57 Å². The average molecular weight is 280 g/mol. The molecule has 0 amide bonds. The number of nitrogens with zero attached hydrogens (tertiary/aromatic N) is 2. The van der Waals surface area contributed by atoms with Crippen LogP contribution in [0, 0.1) is 24.0 Å². The molecule has 4 heteroatoms. The maximum atomic E-state index is 11.2. The molecule has 1 heterocycles. The third-order valence-electron chi connectivity index (χ3n) is 3.60. The third-order valence-corrected chi connectivity index (χ3v) is 3.60. The Labute approximate surface area is 122 Å². The molecule has 0 aliphatic heterocycles. The second-order valence-electron chi connectivity index (χ2n) is 5.41. The van der Waals surface area contributed by atoms with Gasteiger partial charge in [-0.2, -0.15) is 0 Å². The average Bonchev–Trinajstić information content (AvgIpc) is 2.80. The molecule has 4 nitrogen and oxygen atoms in total. The zero-order chi connectivity index (χ0) is 15.0. The lowest BCUT2D eigenvalue weighted by Gasteiger charge is -2.08. The van der Waals surface area contributed by atoms with Crippen LogP contribution in [0.1, 0.15) is 16.7 Å². The molecule has 0 fully saturated rings. The predicted molar refractivity (Wildman–Crippen MR) is 83.6 cm³/mol. The molecule has 0 spiro atoms. The van der Waals surface area contributed by atoms with Crippen LogP contribution in [0.4, 0.5) is 5.69 Å². The fourth-order valence-electron chi connectivity index (χ4n) is 2.88. The Morgan fingerprint density at radius 2 is 1.81 bits per heavy atom. The largest absolute Gasteiger partial charge is 0.337 e. The van der Waals surface area contributed by atoms with Crippen molar-refractivity contribution in [3.63, 3.8) is 0 Å². The normalized spacial score (nSPS) is 11.0. The molecule has 0 unspecified atom stereocenters. The number of para-hydroxylation sites is 1. The smallest absolute Gasteiger partial charge is 0.293 e. The van der Waals surface area contributed by atoms with Crippen molar-refractivity contribution in [2.75, 3.05) is 0 Å². The Hall–Kier alpha value is -2.62. The number of rotatable bonds is 3. The summed E-state index contributed by atoms with van der Waals surface area (Å²) in [6.45, 7) is 4.76. The van der Waals surface area contributed by atoms with Crippen LogP contribution in [0.3, 0.4) is 0 Å². The van der Waals surface area contributed by atoms with E-state index in [1.165, 1.54) is 11.1 Å². The number of aryl methyl sites for hydroxylation is 2. The number of aromatic nitrogens is 1. The molecule has 0 aliphatic rings. The molecule has 3 rings (SSSR count). The first kappa shape index (κ1) is 13.4. The lowest BCUT2D eigenvalue weighted by Crippen LogP contribution is -2.01. The highest BCUT2D eigenvalue weighted by molar-refractivity contribution is 5.88. The maximum Gasteiger partial charge on any atom is 0.293 e. The molecule has 0 saturated heterocycles. The quantitative estimate of drug-likeness (QED) is 0.533. The lowest BCUT2D eigenvalue weighted by molar-refractivity contribution is -0.383. The van der Waals surface area contributed by atoms with Crippen LogP contribution in [0.25, 0.3) is 10.9 Å². The Morgan fingerprint density at radius 1 is 1.10 bits per heavy atom. The van der Waals surface area contributed by atoms with Crippen LogP contribution < -0.4 is 0 Å². The number of non-ortho nitro benzene ring substituents is 1. The van der Waals surface area contributed by atoms with Crippen molar-refractivity contribution < 1.29 is 4.92 Å². The zero-order valence-electron chi connectivity index (χ0n) is 12.0. The molecule has 0 radical (unpaired) electrons. The highest BCUT2D eigenvalue weighted by atomic mass is 16.6. The number of hydrogen-bond donors (Lipinski definition) is 0. The van der Waals surface area contributed by atoms with Gasteiger partial charge in [0.1, 0.15) is 5.52 Å². The van der Waals surface area contributed by atoms with Gasteiger partial charge in [-0.3, -0.25) is 10.1 Å². The summed E-state index contributed by atoms with van der Waals surface area (Å²) >= 11 is 0. The molecule has 106 valence electrons. The minimum Gasteiger partial charge on any atom is -0.337 e. The number of benzene rings is 2. The van der Waals surface area contributed by atoms with E-state index in [0.29, 0.717) is 12.1 Å². The van der Waals surface area contributed by atoms with Crippen molar-refractivity contribution >= 4 is 16.6 Å². The molecule has 1 aromatic heterocycles. The maximum absolute atomic E-state index is 11.2. The van der Waals surface area contributed by atoms with E-state index in [1.807, 2.05) is 22.9 Å². The summed E-state index contributed by atoms with van der Waals surface area (Å²) in [5.74, 6) is 0. The molecule has 0 atom stereocenters. The Balaban J connectivity index is 2.10. The highest BCUT2D eigenvalue weighted by Crippen LogP contribution is 2.27. The van der Waals surface area contributed by atoms with Crippen LogP contribution in [-0.4, -0.2) is 9.49 Å². The van der Waals surface area contributed by atoms with E-state index in [-0.39, 0.29) is 10.6 Å². The van der Waals surface area contributed by atoms with E-state index >= 15 is 0 Å². The van der Waals surface area contributed by atoms with Crippen molar-refractivity contribution in [2.24, 2.45) is 0 Å². The van der Waals surface area contributed by atoms with Crippen molar-refractivity contribution in [1.82, 2.24) is 4.57 Å². The standard InChI is InChI=1S/C17H16N2O2/c1-12-8-13(2)10-14(9-12)11-18-7-6-15-4-3-5-16(17(15)18)19(20)21/h3-10H,11H2,1-2H3. The first-order valence-corrected chi connectivity index (χ1v) is 6.84. The lowest BCUT2D eigenvalue weighted by atomic mass is 10.1. The number of nitro groups is 1. The first-order valence-electron chi connectivity index (χ1n) is 6.84. The predicted octanol–water partition coefficient (Wildman–Crippen LogP) is 4.21. The molecule has 3 aromatic rings. The summed E-state index contributed by atoms with van der Waals surface area (Å²) in [4.78, 5) is 10.9. The summed E-state index contributed by atoms with van der Waals surface area (Å²) in [5.41, 5.74) is 4.40. The van der Waals surface area contributed by atoms with Gasteiger partial charge in [-0.15, -0.1) is 0 Å². The second kappa shape index (κ2) is 5.05. The van der Waals surface area contributed by atoms with Gasteiger partial charge in [-0.05, 0) is 25.5 Å². The van der Waals surface area contributed by atoms with Crippen LogP contribution in [0.15, 0.2) is 48.7 Å². The number of nitro benzene ring substituents is 1. The Morgan fingerprint density at radius 3 is 2.48 bits per heavy atom. The molecule has 0 saturated carbocycles. The molecule has 0 N–H and O–H groups in total. The third kappa shape index (κ3) is 2.52. The number of hydrogen-bond acceptors (Lipinski definition) is 2. The molecular weight excluding hydrogens is 264 g/mol. The summed E-state index contributed by atoms with van der Waals surface area (Å²) in [5, 5.41) is 12.1. The topological polar surface area (TPSA) is 48.1 Å². The SMILES string of the molecule is Cc1cc(C)cc(Cn2ccc3cccc([N+](=O)[O-])c32)c1. The van der Waals surface area contributed by atoms with Gasteiger partial charge in [-0.1, -0.05) is 41.5 Å². The van der Waals surface area contributed by atoms with Crippen molar-refractivity contribution in [1.29, 1.82) is 0 Å². The summed E-state index contributed by atoms with van der Waals surface area (Å²) in [6, 6.07) is 13.5. The molecule has 21 heavy (non-hydrogen) atoms. The van der Waals surface area contributed by atoms with E-state index in [9.17, 15) is 10.1 Å². The molecule has 2 aromatic carbocycles. The molecule has 0 aliphatic carbocycles. The monoisotopic (exact) mass is 280 g/mol. The van der Waals surface area contributed by atoms with E-state index in [0.717, 1.165) is 10.9 Å². The van der Waals surface area contributed by atoms with Gasteiger partial charge in [0.2, 0.25) is 0 Å². The zero-order valence-corrected chi connectivity index (χ0v) is 12.0. The van der Waals surface area contributed by atoms with Gasteiger partial charge in [0, 0.05) is 24.2 Å². The van der Waals surface area contributed by atoms with Crippen LogP contribution in [0.5, 0.6) is 0 Å². The minimum absolute atomic E-state index is 0.155. The van der Waals surface area contributed by atoms with Crippen LogP contribution >= 0.6 is 0 Å². The Bertz CT molecular complexity index is 814. The van der Waals surface area contributed by atoms with Gasteiger partial charge in [0.25, 0.3) is 5.69 Å². The fraction of sp³-hybridized carbons (Fsp3) is 0.176. The van der Waals surface area contributed by atoms with Gasteiger partial charge in [0.05, 0.1) is 4.92 Å². The van der Waals surface area contributed by atoms with E-state index in [2.05, 4.69) is 32.0 Å². The summed E-state index contributed by atoms with van der Waals surface area (Å²) in [7, 11) is 0. The van der Waals surface area contributed by atoms with Crippen LogP contribution in [-0.2, 0) is 6.54 Å². The van der Waals surface area contributed by atoms with Crippen molar-refractivity contribution in [2.45, 2.75) is 20.4 Å². The summed E-state index contributed by atoms with van der Waals surface area (Å²) in [6.07, 6.45) is 1.91. The van der Waals surface area contributed by atoms with Crippen molar-refractivity contribution in [3.05, 3.63) is 75.5 Å². The van der Waals surface area contributed by atoms with E-state index < -0.39 is 0 Å². The number of fused-ring (bicyclic) bond motifs is 1. The summed E-state index contributed by atoms with van der Waals surface area (Å²) < 4.78 is 1.95. The van der Waals surface area contributed by atoms with Crippen LogP contribution in [0.2, 0.25) is 0 Å². The Kier molecular flexibility index (Phi) is 3.22. The minimum atomic E-state index is -0.319. The van der Waals surface area contributed by atoms with Crippen molar-refractivity contribution in [3.8, 4) is 0 Å². The molecule has 0 bridgehead atoms. The second-order valence-corrected chi connectivity index (χ2v) is 5.41. The molecular formula is C17H16N2O2. The fourth-order valence-corrected chi connectivity index (χ4v) is 2.88. The first-order chi connectivity index (χ1) is 10.0. The van der Waals surface area contributed by atoms with Gasteiger partial charge >= 0.3 is 0 Å². The van der Waals surface area contributed by atoms with Gasteiger partial charge in [0.15, 0.2) is 0 Å². The van der Waals surface area contributed by atoms with E-state index in [4.69, 9.17) is 0 Å². The van der Waals surface area contributed by atoms with E-state index in [1.54, 1.807) is 12.1 Å². The highest BCUT2D eigenvalue weighted by Gasteiger charge is 2.15.